The molecule has 0 saturated carbocycles. The van der Waals surface area contributed by atoms with Crippen molar-refractivity contribution < 1.29 is 25.9 Å². The molecule has 0 aromatic heterocycles. The minimum absolute atomic E-state index is 0.191. The molecule has 0 aliphatic carbocycles. The summed E-state index contributed by atoms with van der Waals surface area (Å²) in [7, 11) is -8.81. The molecule has 0 unspecified atom stereocenters. The van der Waals surface area contributed by atoms with Gasteiger partial charge in [-0.3, -0.25) is 9.11 Å². The number of nitrogens with zero attached hydrogens (tertiary/aromatic N) is 2. The zero-order valence-corrected chi connectivity index (χ0v) is 18.6. The Balaban J connectivity index is 1.89. The van der Waals surface area contributed by atoms with Crippen LogP contribution in [0.2, 0.25) is 0 Å². The third-order valence-electron chi connectivity index (χ3n) is 5.24. The van der Waals surface area contributed by atoms with Gasteiger partial charge in [0.05, 0.1) is 11.4 Å². The average Bonchev–Trinajstić information content (AvgIpc) is 2.72. The summed E-state index contributed by atoms with van der Waals surface area (Å²) in [4.78, 5) is -0.395. The van der Waals surface area contributed by atoms with E-state index in [9.17, 15) is 25.9 Å². The molecule has 0 aliphatic heterocycles. The zero-order chi connectivity index (χ0) is 23.3. The fourth-order valence-electron chi connectivity index (χ4n) is 3.71. The fraction of sp³-hybridized carbons (Fsp3) is 0.0909. The minimum atomic E-state index is -4.42. The van der Waals surface area contributed by atoms with E-state index in [1.807, 2.05) is 0 Å². The summed E-state index contributed by atoms with van der Waals surface area (Å²) in [6.45, 7) is 3.43. The van der Waals surface area contributed by atoms with Crippen LogP contribution >= 0.6 is 0 Å². The average molecular weight is 471 g/mol. The SMILES string of the molecule is Cc1cc(S(=O)(=O)O)c2ccccc2c1/N=N/c1ccc2c(S(=O)(=O)O)cccc2c1C. The second kappa shape index (κ2) is 7.75. The minimum Gasteiger partial charge on any atom is -0.282 e. The molecule has 4 aromatic rings. The number of rotatable bonds is 4. The summed E-state index contributed by atoms with van der Waals surface area (Å²) in [6.07, 6.45) is 0. The highest BCUT2D eigenvalue weighted by molar-refractivity contribution is 7.86. The Morgan fingerprint density at radius 3 is 1.91 bits per heavy atom. The van der Waals surface area contributed by atoms with Gasteiger partial charge in [0.2, 0.25) is 0 Å². The molecule has 164 valence electrons. The summed E-state index contributed by atoms with van der Waals surface area (Å²) < 4.78 is 66.0. The van der Waals surface area contributed by atoms with E-state index in [4.69, 9.17) is 0 Å². The van der Waals surface area contributed by atoms with Crippen LogP contribution in [0, 0.1) is 13.8 Å². The van der Waals surface area contributed by atoms with E-state index in [1.165, 1.54) is 18.2 Å². The zero-order valence-electron chi connectivity index (χ0n) is 17.0. The van der Waals surface area contributed by atoms with Crippen LogP contribution in [-0.4, -0.2) is 25.9 Å². The number of hydrogen-bond donors (Lipinski definition) is 2. The van der Waals surface area contributed by atoms with Crippen molar-refractivity contribution in [2.75, 3.05) is 0 Å². The lowest BCUT2D eigenvalue weighted by Gasteiger charge is -2.10. The van der Waals surface area contributed by atoms with Gasteiger partial charge >= 0.3 is 0 Å². The Bertz CT molecular complexity index is 1640. The van der Waals surface area contributed by atoms with Crippen LogP contribution in [0.15, 0.2) is 80.7 Å². The van der Waals surface area contributed by atoms with Crippen LogP contribution in [0.3, 0.4) is 0 Å². The topological polar surface area (TPSA) is 133 Å². The van der Waals surface area contributed by atoms with Gasteiger partial charge in [-0.1, -0.05) is 42.5 Å². The Morgan fingerprint density at radius 2 is 1.25 bits per heavy atom. The monoisotopic (exact) mass is 470 g/mol. The van der Waals surface area contributed by atoms with Crippen molar-refractivity contribution in [2.24, 2.45) is 10.2 Å². The van der Waals surface area contributed by atoms with Crippen molar-refractivity contribution in [3.05, 3.63) is 71.8 Å². The summed E-state index contributed by atoms with van der Waals surface area (Å²) >= 11 is 0. The first-order valence-corrected chi connectivity index (χ1v) is 12.3. The van der Waals surface area contributed by atoms with Crippen molar-refractivity contribution in [2.45, 2.75) is 23.6 Å². The van der Waals surface area contributed by atoms with Gasteiger partial charge in [0.1, 0.15) is 9.79 Å². The van der Waals surface area contributed by atoms with Gasteiger partial charge < -0.3 is 0 Å². The fourth-order valence-corrected chi connectivity index (χ4v) is 5.20. The Morgan fingerprint density at radius 1 is 0.656 bits per heavy atom. The molecule has 0 amide bonds. The van der Waals surface area contributed by atoms with Gasteiger partial charge in [0, 0.05) is 16.2 Å². The Kier molecular flexibility index (Phi) is 5.33. The normalized spacial score (nSPS) is 12.8. The van der Waals surface area contributed by atoms with E-state index in [0.29, 0.717) is 44.0 Å². The largest absolute Gasteiger partial charge is 0.295 e. The molecule has 0 aliphatic rings. The molecular formula is C22H18N2O6S2. The Hall–Kier alpha value is -3.18. The highest BCUT2D eigenvalue weighted by atomic mass is 32.2. The lowest BCUT2D eigenvalue weighted by Crippen LogP contribution is -2.00. The molecule has 2 N–H and O–H groups in total. The van der Waals surface area contributed by atoms with E-state index in [1.54, 1.807) is 56.3 Å². The van der Waals surface area contributed by atoms with Gasteiger partial charge in [0.25, 0.3) is 20.2 Å². The van der Waals surface area contributed by atoms with Crippen LogP contribution in [0.4, 0.5) is 11.4 Å². The molecular weight excluding hydrogens is 452 g/mol. The van der Waals surface area contributed by atoms with Gasteiger partial charge in [0.15, 0.2) is 0 Å². The maximum absolute atomic E-state index is 11.8. The number of hydrogen-bond acceptors (Lipinski definition) is 6. The summed E-state index contributed by atoms with van der Waals surface area (Å²) in [5, 5.41) is 10.5. The molecule has 0 spiro atoms. The molecule has 0 radical (unpaired) electrons. The second-order valence-corrected chi connectivity index (χ2v) is 10.1. The highest BCUT2D eigenvalue weighted by Crippen LogP contribution is 2.37. The molecule has 0 heterocycles. The van der Waals surface area contributed by atoms with Gasteiger partial charge in [-0.2, -0.15) is 21.9 Å². The van der Waals surface area contributed by atoms with E-state index in [-0.39, 0.29) is 9.79 Å². The maximum Gasteiger partial charge on any atom is 0.295 e. The third kappa shape index (κ3) is 3.89. The van der Waals surface area contributed by atoms with Crippen LogP contribution < -0.4 is 0 Å². The number of aryl methyl sites for hydroxylation is 2. The van der Waals surface area contributed by atoms with Crippen molar-refractivity contribution in [1.29, 1.82) is 0 Å². The molecule has 10 heteroatoms. The smallest absolute Gasteiger partial charge is 0.282 e. The van der Waals surface area contributed by atoms with Crippen LogP contribution in [-0.2, 0) is 20.2 Å². The number of fused-ring (bicyclic) bond motifs is 2. The maximum atomic E-state index is 11.8. The van der Waals surface area contributed by atoms with E-state index in [0.717, 1.165) is 0 Å². The summed E-state index contributed by atoms with van der Waals surface area (Å²) in [5.74, 6) is 0. The molecule has 8 nitrogen and oxygen atoms in total. The predicted octanol–water partition coefficient (Wildman–Crippen LogP) is 5.52. The number of benzene rings is 4. The van der Waals surface area contributed by atoms with Crippen molar-refractivity contribution in [3.8, 4) is 0 Å². The van der Waals surface area contributed by atoms with Gasteiger partial charge in [-0.05, 0) is 48.6 Å². The first kappa shape index (κ1) is 22.0. The molecule has 0 saturated heterocycles. The van der Waals surface area contributed by atoms with Gasteiger partial charge in [-0.15, -0.1) is 5.11 Å². The predicted molar refractivity (Wildman–Crippen MR) is 121 cm³/mol. The lowest BCUT2D eigenvalue weighted by molar-refractivity contribution is 0.482. The van der Waals surface area contributed by atoms with Crippen molar-refractivity contribution >= 4 is 53.2 Å². The summed E-state index contributed by atoms with van der Waals surface area (Å²) in [5.41, 5.74) is 2.09. The van der Waals surface area contributed by atoms with Crippen LogP contribution in [0.25, 0.3) is 21.5 Å². The number of azo groups is 1. The summed E-state index contributed by atoms with van der Waals surface area (Å²) in [6, 6.07) is 15.7. The van der Waals surface area contributed by atoms with Crippen LogP contribution in [0.1, 0.15) is 11.1 Å². The molecule has 4 aromatic carbocycles. The molecule has 0 atom stereocenters. The third-order valence-corrected chi connectivity index (χ3v) is 7.05. The molecule has 32 heavy (non-hydrogen) atoms. The standard InChI is InChI=1S/C22H18N2O6S2/c1-13-12-21(32(28,29)30)16-6-3-4-7-18(16)22(13)24-23-19-11-10-17-15(14(19)2)8-5-9-20(17)31(25,26)27/h3-12H,1-2H3,(H,25,26,27)(H,28,29,30)/b24-23+. The van der Waals surface area contributed by atoms with Crippen molar-refractivity contribution in [1.82, 2.24) is 0 Å². The highest BCUT2D eigenvalue weighted by Gasteiger charge is 2.18. The van der Waals surface area contributed by atoms with Crippen molar-refractivity contribution in [3.63, 3.8) is 0 Å². The molecule has 4 rings (SSSR count). The first-order valence-electron chi connectivity index (χ1n) is 9.40. The quantitative estimate of drug-likeness (QED) is 0.298. The Labute approximate surface area is 184 Å². The lowest BCUT2D eigenvalue weighted by atomic mass is 10.0. The molecule has 0 fully saturated rings. The van der Waals surface area contributed by atoms with E-state index >= 15 is 0 Å². The molecule has 0 bridgehead atoms. The van der Waals surface area contributed by atoms with E-state index in [2.05, 4.69) is 10.2 Å². The van der Waals surface area contributed by atoms with E-state index < -0.39 is 20.2 Å². The second-order valence-electron chi connectivity index (χ2n) is 7.30. The first-order chi connectivity index (χ1) is 15.0. The van der Waals surface area contributed by atoms with Crippen LogP contribution in [0.5, 0.6) is 0 Å². The van der Waals surface area contributed by atoms with Gasteiger partial charge in [-0.25, -0.2) is 0 Å².